The van der Waals surface area contributed by atoms with Crippen molar-refractivity contribution in [3.63, 3.8) is 0 Å². The summed E-state index contributed by atoms with van der Waals surface area (Å²) in [6.07, 6.45) is 6.08. The molecule has 0 radical (unpaired) electrons. The van der Waals surface area contributed by atoms with Gasteiger partial charge in [-0.2, -0.15) is 11.3 Å². The van der Waals surface area contributed by atoms with E-state index in [0.29, 0.717) is 0 Å². The van der Waals surface area contributed by atoms with Crippen molar-refractivity contribution in [2.24, 2.45) is 0 Å². The van der Waals surface area contributed by atoms with Crippen molar-refractivity contribution in [3.05, 3.63) is 45.9 Å². The van der Waals surface area contributed by atoms with Crippen LogP contribution >= 0.6 is 11.3 Å². The van der Waals surface area contributed by atoms with Crippen molar-refractivity contribution in [1.82, 2.24) is 9.88 Å². The second-order valence-corrected chi connectivity index (χ2v) is 5.94. The number of aromatic nitrogens is 1. The molecule has 3 rings (SSSR count). The van der Waals surface area contributed by atoms with Crippen LogP contribution in [0.2, 0.25) is 0 Å². The van der Waals surface area contributed by atoms with E-state index in [-0.39, 0.29) is 0 Å². The molecule has 1 aliphatic carbocycles. The molecule has 1 fully saturated rings. The lowest BCUT2D eigenvalue weighted by molar-refractivity contribution is 0.658. The summed E-state index contributed by atoms with van der Waals surface area (Å²) in [7, 11) is 0. The zero-order chi connectivity index (χ0) is 12.4. The third-order valence-electron chi connectivity index (χ3n) is 3.73. The van der Waals surface area contributed by atoms with Gasteiger partial charge in [-0.3, -0.25) is 0 Å². The molecular formula is C15H20N2S. The highest BCUT2D eigenvalue weighted by molar-refractivity contribution is 7.07. The normalized spacial score (nSPS) is 15.2. The molecule has 2 aromatic rings. The van der Waals surface area contributed by atoms with Gasteiger partial charge in [-0.25, -0.2) is 0 Å². The van der Waals surface area contributed by atoms with E-state index in [2.05, 4.69) is 45.9 Å². The minimum atomic E-state index is 0.790. The van der Waals surface area contributed by atoms with Crippen LogP contribution in [-0.4, -0.2) is 10.6 Å². The van der Waals surface area contributed by atoms with Crippen LogP contribution in [0.25, 0.3) is 0 Å². The van der Waals surface area contributed by atoms with Gasteiger partial charge in [0.25, 0.3) is 0 Å². The van der Waals surface area contributed by atoms with E-state index in [1.54, 1.807) is 11.3 Å². The van der Waals surface area contributed by atoms with Gasteiger partial charge >= 0.3 is 0 Å². The van der Waals surface area contributed by atoms with Crippen molar-refractivity contribution >= 4 is 11.3 Å². The molecule has 96 valence electrons. The van der Waals surface area contributed by atoms with Crippen molar-refractivity contribution in [1.29, 1.82) is 0 Å². The lowest BCUT2D eigenvalue weighted by Crippen LogP contribution is -2.16. The van der Waals surface area contributed by atoms with Gasteiger partial charge in [0.05, 0.1) is 0 Å². The van der Waals surface area contributed by atoms with Crippen LogP contribution in [0.1, 0.15) is 29.7 Å². The number of nitrogens with one attached hydrogen (secondary N) is 1. The van der Waals surface area contributed by atoms with Crippen molar-refractivity contribution in [2.75, 3.05) is 0 Å². The van der Waals surface area contributed by atoms with Crippen LogP contribution in [0.15, 0.2) is 29.1 Å². The SMILES string of the molecule is Cc1c(CNC2CC2)ccn1CCc1ccsc1. The molecule has 2 heterocycles. The predicted octanol–water partition coefficient (Wildman–Crippen LogP) is 3.35. The van der Waals surface area contributed by atoms with Crippen LogP contribution in [0.5, 0.6) is 0 Å². The van der Waals surface area contributed by atoms with Crippen molar-refractivity contribution in [3.8, 4) is 0 Å². The van der Waals surface area contributed by atoms with Crippen molar-refractivity contribution in [2.45, 2.75) is 45.3 Å². The van der Waals surface area contributed by atoms with Gasteiger partial charge in [-0.15, -0.1) is 0 Å². The van der Waals surface area contributed by atoms with Crippen LogP contribution in [0.3, 0.4) is 0 Å². The smallest absolute Gasteiger partial charge is 0.0263 e. The predicted molar refractivity (Wildman–Crippen MR) is 77.1 cm³/mol. The van der Waals surface area contributed by atoms with Gasteiger partial charge in [-0.1, -0.05) is 0 Å². The average molecular weight is 260 g/mol. The van der Waals surface area contributed by atoms with Gasteiger partial charge in [-0.05, 0) is 60.2 Å². The summed E-state index contributed by atoms with van der Waals surface area (Å²) in [4.78, 5) is 0. The van der Waals surface area contributed by atoms with Gasteiger partial charge in [0.2, 0.25) is 0 Å². The number of thiophene rings is 1. The summed E-state index contributed by atoms with van der Waals surface area (Å²) in [5.74, 6) is 0. The maximum atomic E-state index is 3.59. The Balaban J connectivity index is 1.58. The Morgan fingerprint density at radius 1 is 1.39 bits per heavy atom. The summed E-state index contributed by atoms with van der Waals surface area (Å²) in [5.41, 5.74) is 4.32. The summed E-state index contributed by atoms with van der Waals surface area (Å²) in [6, 6.07) is 5.27. The molecule has 0 aromatic carbocycles. The van der Waals surface area contributed by atoms with Crippen molar-refractivity contribution < 1.29 is 0 Å². The zero-order valence-electron chi connectivity index (χ0n) is 10.9. The fourth-order valence-electron chi connectivity index (χ4n) is 2.25. The van der Waals surface area contributed by atoms with Crippen LogP contribution in [0.4, 0.5) is 0 Å². The number of aryl methyl sites for hydroxylation is 2. The second kappa shape index (κ2) is 5.29. The van der Waals surface area contributed by atoms with E-state index >= 15 is 0 Å². The van der Waals surface area contributed by atoms with Gasteiger partial charge in [0.1, 0.15) is 0 Å². The molecule has 18 heavy (non-hydrogen) atoms. The topological polar surface area (TPSA) is 17.0 Å². The van der Waals surface area contributed by atoms with Crippen LogP contribution in [-0.2, 0) is 19.5 Å². The molecule has 1 aliphatic rings. The van der Waals surface area contributed by atoms with E-state index < -0.39 is 0 Å². The monoisotopic (exact) mass is 260 g/mol. The quantitative estimate of drug-likeness (QED) is 0.843. The first-order valence-corrected chi connectivity index (χ1v) is 7.66. The second-order valence-electron chi connectivity index (χ2n) is 5.16. The molecule has 0 saturated heterocycles. The molecule has 3 heteroatoms. The number of hydrogen-bond donors (Lipinski definition) is 1. The van der Waals surface area contributed by atoms with Gasteiger partial charge < -0.3 is 9.88 Å². The summed E-state index contributed by atoms with van der Waals surface area (Å²) in [5, 5.41) is 7.99. The van der Waals surface area contributed by atoms with E-state index in [1.807, 2.05) is 0 Å². The molecule has 0 spiro atoms. The van der Waals surface area contributed by atoms with Crippen LogP contribution in [0, 0.1) is 6.92 Å². The third-order valence-corrected chi connectivity index (χ3v) is 4.46. The molecule has 2 aromatic heterocycles. The summed E-state index contributed by atoms with van der Waals surface area (Å²) < 4.78 is 2.38. The minimum absolute atomic E-state index is 0.790. The third kappa shape index (κ3) is 2.85. The fraction of sp³-hybridized carbons (Fsp3) is 0.467. The molecule has 0 atom stereocenters. The lowest BCUT2D eigenvalue weighted by atomic mass is 10.2. The molecule has 0 aliphatic heterocycles. The molecule has 2 nitrogen and oxygen atoms in total. The summed E-state index contributed by atoms with van der Waals surface area (Å²) >= 11 is 1.78. The standard InChI is InChI=1S/C15H20N2S/c1-12-14(10-16-15-2-3-15)5-8-17(12)7-4-13-6-9-18-11-13/h5-6,8-9,11,15-16H,2-4,7,10H2,1H3. The maximum Gasteiger partial charge on any atom is 0.0263 e. The van der Waals surface area contributed by atoms with Gasteiger partial charge in [0, 0.05) is 31.0 Å². The zero-order valence-corrected chi connectivity index (χ0v) is 11.7. The number of nitrogens with zero attached hydrogens (tertiary/aromatic N) is 1. The first-order chi connectivity index (χ1) is 8.83. The first-order valence-electron chi connectivity index (χ1n) is 6.72. The van der Waals surface area contributed by atoms with E-state index in [0.717, 1.165) is 25.6 Å². The molecule has 1 saturated carbocycles. The van der Waals surface area contributed by atoms with E-state index in [4.69, 9.17) is 0 Å². The highest BCUT2D eigenvalue weighted by Gasteiger charge is 2.20. The Morgan fingerprint density at radius 3 is 3.00 bits per heavy atom. The first kappa shape index (κ1) is 12.0. The molecule has 0 amide bonds. The maximum absolute atomic E-state index is 3.59. The highest BCUT2D eigenvalue weighted by atomic mass is 32.1. The Labute approximate surface area is 113 Å². The molecule has 1 N–H and O–H groups in total. The van der Waals surface area contributed by atoms with E-state index in [9.17, 15) is 0 Å². The largest absolute Gasteiger partial charge is 0.351 e. The van der Waals surface area contributed by atoms with Gasteiger partial charge in [0.15, 0.2) is 0 Å². The Morgan fingerprint density at radius 2 is 2.28 bits per heavy atom. The Bertz CT molecular complexity index is 495. The average Bonchev–Trinajstić information content (AvgIpc) is 2.93. The molecular weight excluding hydrogens is 240 g/mol. The minimum Gasteiger partial charge on any atom is -0.351 e. The highest BCUT2D eigenvalue weighted by Crippen LogP contribution is 2.20. The fourth-order valence-corrected chi connectivity index (χ4v) is 2.96. The van der Waals surface area contributed by atoms with E-state index in [1.165, 1.54) is 29.7 Å². The Kier molecular flexibility index (Phi) is 3.52. The number of rotatable bonds is 6. The summed E-state index contributed by atoms with van der Waals surface area (Å²) in [6.45, 7) is 4.35. The molecule has 0 bridgehead atoms. The molecule has 0 unspecified atom stereocenters. The number of hydrogen-bond acceptors (Lipinski definition) is 2. The lowest BCUT2D eigenvalue weighted by Gasteiger charge is -2.07. The van der Waals surface area contributed by atoms with Crippen LogP contribution < -0.4 is 5.32 Å². The Hall–Kier alpha value is -1.06.